The molecule has 1 N–H and O–H groups in total. The number of hydrogen-bond acceptors (Lipinski definition) is 4. The Morgan fingerprint density at radius 2 is 2.12 bits per heavy atom. The second kappa shape index (κ2) is 7.00. The summed E-state index contributed by atoms with van der Waals surface area (Å²) in [5.74, 6) is 2.45. The molecule has 3 aliphatic rings. The fourth-order valence-electron chi connectivity index (χ4n) is 4.26. The van der Waals surface area contributed by atoms with Crippen molar-refractivity contribution >= 4 is 6.03 Å². The Labute approximate surface area is 149 Å². The zero-order chi connectivity index (χ0) is 17.3. The van der Waals surface area contributed by atoms with Gasteiger partial charge in [-0.15, -0.1) is 0 Å². The predicted octanol–water partition coefficient (Wildman–Crippen LogP) is 2.37. The summed E-state index contributed by atoms with van der Waals surface area (Å²) >= 11 is 0. The van der Waals surface area contributed by atoms with Gasteiger partial charge in [0.15, 0.2) is 0 Å². The van der Waals surface area contributed by atoms with Crippen LogP contribution in [-0.4, -0.2) is 60.8 Å². The highest BCUT2D eigenvalue weighted by Gasteiger charge is 2.46. The maximum absolute atomic E-state index is 12.1. The number of urea groups is 1. The van der Waals surface area contributed by atoms with E-state index in [0.29, 0.717) is 5.92 Å². The van der Waals surface area contributed by atoms with Gasteiger partial charge in [-0.2, -0.15) is 0 Å². The standard InChI is InChI=1S/C19H29N3O3/c1-15-4-5-17(25-15)11-21-13-19(14-21)7-6-16(12-24-19)10-20-18(23)22-8-2-3-9-22/h4-5,16H,2-3,6-14H2,1H3,(H,20,23)/t16-/m0/s1. The van der Waals surface area contributed by atoms with Crippen LogP contribution in [0.1, 0.15) is 37.2 Å². The second-order valence-corrected chi connectivity index (χ2v) is 7.94. The number of amides is 2. The number of carbonyl (C=O) groups excluding carboxylic acids is 1. The van der Waals surface area contributed by atoms with Gasteiger partial charge in [0.2, 0.25) is 0 Å². The molecule has 0 bridgehead atoms. The monoisotopic (exact) mass is 347 g/mol. The first-order valence-corrected chi connectivity index (χ1v) is 9.56. The number of likely N-dealkylation sites (tertiary alicyclic amines) is 2. The molecule has 1 spiro atoms. The molecule has 0 radical (unpaired) electrons. The average Bonchev–Trinajstić information content (AvgIpc) is 3.24. The summed E-state index contributed by atoms with van der Waals surface area (Å²) in [6.07, 6.45) is 4.49. The fourth-order valence-corrected chi connectivity index (χ4v) is 4.26. The zero-order valence-corrected chi connectivity index (χ0v) is 15.1. The SMILES string of the molecule is Cc1ccc(CN2CC3(CC[C@@H](CNC(=O)N4CCCC4)CO3)C2)o1. The van der Waals surface area contributed by atoms with Crippen molar-refractivity contribution < 1.29 is 13.9 Å². The highest BCUT2D eigenvalue weighted by molar-refractivity contribution is 5.74. The summed E-state index contributed by atoms with van der Waals surface area (Å²) in [7, 11) is 0. The molecule has 0 aliphatic carbocycles. The number of hydrogen-bond donors (Lipinski definition) is 1. The molecule has 25 heavy (non-hydrogen) atoms. The maximum Gasteiger partial charge on any atom is 0.317 e. The normalized spacial score (nSPS) is 26.0. The van der Waals surface area contributed by atoms with Crippen molar-refractivity contribution in [1.29, 1.82) is 0 Å². The van der Waals surface area contributed by atoms with Crippen LogP contribution in [0.25, 0.3) is 0 Å². The van der Waals surface area contributed by atoms with Crippen LogP contribution in [0.15, 0.2) is 16.5 Å². The van der Waals surface area contributed by atoms with E-state index in [1.807, 2.05) is 17.9 Å². The summed E-state index contributed by atoms with van der Waals surface area (Å²) in [5.41, 5.74) is 0.0388. The highest BCUT2D eigenvalue weighted by atomic mass is 16.5. The molecule has 4 heterocycles. The van der Waals surface area contributed by atoms with E-state index in [0.717, 1.165) is 83.1 Å². The number of carbonyl (C=O) groups is 1. The number of furan rings is 1. The Morgan fingerprint density at radius 3 is 2.76 bits per heavy atom. The lowest BCUT2D eigenvalue weighted by Gasteiger charge is -2.52. The van der Waals surface area contributed by atoms with Gasteiger partial charge in [-0.05, 0) is 50.7 Å². The minimum absolute atomic E-state index is 0.0388. The molecular formula is C19H29N3O3. The van der Waals surface area contributed by atoms with E-state index in [1.54, 1.807) is 0 Å². The van der Waals surface area contributed by atoms with Crippen LogP contribution in [0.4, 0.5) is 4.79 Å². The first-order chi connectivity index (χ1) is 12.1. The van der Waals surface area contributed by atoms with Crippen LogP contribution in [0.3, 0.4) is 0 Å². The fraction of sp³-hybridized carbons (Fsp3) is 0.737. The van der Waals surface area contributed by atoms with Crippen LogP contribution in [0.2, 0.25) is 0 Å². The molecule has 3 fully saturated rings. The third-order valence-electron chi connectivity index (χ3n) is 5.77. The molecule has 6 heteroatoms. The molecule has 6 nitrogen and oxygen atoms in total. The molecule has 4 rings (SSSR count). The molecule has 3 saturated heterocycles. The minimum Gasteiger partial charge on any atom is -0.465 e. The second-order valence-electron chi connectivity index (χ2n) is 7.94. The first kappa shape index (κ1) is 16.9. The van der Waals surface area contributed by atoms with Gasteiger partial charge in [0.05, 0.1) is 18.8 Å². The molecule has 1 aromatic heterocycles. The van der Waals surface area contributed by atoms with Crippen molar-refractivity contribution in [2.45, 2.75) is 44.8 Å². The summed E-state index contributed by atoms with van der Waals surface area (Å²) in [5, 5.41) is 3.09. The third kappa shape index (κ3) is 3.85. The van der Waals surface area contributed by atoms with Crippen molar-refractivity contribution in [2.24, 2.45) is 5.92 Å². The average molecular weight is 347 g/mol. The lowest BCUT2D eigenvalue weighted by atomic mass is 9.83. The topological polar surface area (TPSA) is 58.0 Å². The number of ether oxygens (including phenoxy) is 1. The van der Waals surface area contributed by atoms with E-state index in [4.69, 9.17) is 9.15 Å². The van der Waals surface area contributed by atoms with Crippen LogP contribution >= 0.6 is 0 Å². The number of nitrogens with one attached hydrogen (secondary N) is 1. The summed E-state index contributed by atoms with van der Waals surface area (Å²) in [4.78, 5) is 16.4. The Hall–Kier alpha value is -1.53. The van der Waals surface area contributed by atoms with Crippen LogP contribution in [0, 0.1) is 12.8 Å². The Bertz CT molecular complexity index is 593. The highest BCUT2D eigenvalue weighted by Crippen LogP contribution is 2.36. The lowest BCUT2D eigenvalue weighted by molar-refractivity contribution is -0.182. The molecule has 2 amide bonds. The molecular weight excluding hydrogens is 318 g/mol. The molecule has 0 saturated carbocycles. The minimum atomic E-state index is 0.0388. The molecule has 0 unspecified atom stereocenters. The predicted molar refractivity (Wildman–Crippen MR) is 94.3 cm³/mol. The lowest BCUT2D eigenvalue weighted by Crippen LogP contribution is -2.64. The number of aryl methyl sites for hydroxylation is 1. The molecule has 0 aromatic carbocycles. The largest absolute Gasteiger partial charge is 0.465 e. The molecule has 3 aliphatic heterocycles. The van der Waals surface area contributed by atoms with E-state index < -0.39 is 0 Å². The van der Waals surface area contributed by atoms with Crippen LogP contribution < -0.4 is 5.32 Å². The van der Waals surface area contributed by atoms with Crippen molar-refractivity contribution in [3.05, 3.63) is 23.7 Å². The number of rotatable bonds is 4. The summed E-state index contributed by atoms with van der Waals surface area (Å²) < 4.78 is 11.9. The van der Waals surface area contributed by atoms with Gasteiger partial charge < -0.3 is 19.4 Å². The van der Waals surface area contributed by atoms with Crippen LogP contribution in [-0.2, 0) is 11.3 Å². The van der Waals surface area contributed by atoms with Gasteiger partial charge in [0.25, 0.3) is 0 Å². The van der Waals surface area contributed by atoms with Gasteiger partial charge in [-0.3, -0.25) is 4.90 Å². The first-order valence-electron chi connectivity index (χ1n) is 9.56. The van der Waals surface area contributed by atoms with Crippen molar-refractivity contribution in [1.82, 2.24) is 15.1 Å². The molecule has 138 valence electrons. The van der Waals surface area contributed by atoms with E-state index in [1.165, 1.54) is 0 Å². The third-order valence-corrected chi connectivity index (χ3v) is 5.77. The van der Waals surface area contributed by atoms with E-state index in [-0.39, 0.29) is 11.6 Å². The maximum atomic E-state index is 12.1. The zero-order valence-electron chi connectivity index (χ0n) is 15.1. The van der Waals surface area contributed by atoms with E-state index in [9.17, 15) is 4.79 Å². The van der Waals surface area contributed by atoms with E-state index >= 15 is 0 Å². The Balaban J connectivity index is 1.16. The van der Waals surface area contributed by atoms with Gasteiger partial charge in [0, 0.05) is 32.7 Å². The van der Waals surface area contributed by atoms with E-state index in [2.05, 4.69) is 16.3 Å². The molecule has 1 aromatic rings. The van der Waals surface area contributed by atoms with Gasteiger partial charge in [-0.1, -0.05) is 0 Å². The van der Waals surface area contributed by atoms with Gasteiger partial charge >= 0.3 is 6.03 Å². The van der Waals surface area contributed by atoms with Gasteiger partial charge in [-0.25, -0.2) is 4.79 Å². The number of nitrogens with zero attached hydrogens (tertiary/aromatic N) is 2. The van der Waals surface area contributed by atoms with Crippen LogP contribution in [0.5, 0.6) is 0 Å². The smallest absolute Gasteiger partial charge is 0.317 e. The summed E-state index contributed by atoms with van der Waals surface area (Å²) in [6, 6.07) is 4.17. The van der Waals surface area contributed by atoms with Crippen molar-refractivity contribution in [2.75, 3.05) is 39.3 Å². The summed E-state index contributed by atoms with van der Waals surface area (Å²) in [6.45, 7) is 8.12. The Kier molecular flexibility index (Phi) is 4.73. The quantitative estimate of drug-likeness (QED) is 0.908. The molecule has 1 atom stereocenters. The van der Waals surface area contributed by atoms with Crippen molar-refractivity contribution in [3.63, 3.8) is 0 Å². The Morgan fingerprint density at radius 1 is 1.32 bits per heavy atom. The van der Waals surface area contributed by atoms with Crippen molar-refractivity contribution in [3.8, 4) is 0 Å². The van der Waals surface area contributed by atoms with Gasteiger partial charge in [0.1, 0.15) is 11.5 Å².